The Morgan fingerprint density at radius 2 is 1.96 bits per heavy atom. The lowest BCUT2D eigenvalue weighted by molar-refractivity contribution is 0.0600. The van der Waals surface area contributed by atoms with Crippen LogP contribution in [0.2, 0.25) is 5.15 Å². The van der Waals surface area contributed by atoms with Crippen molar-refractivity contribution < 1.29 is 14.3 Å². The number of hydrogen-bond acceptors (Lipinski definition) is 4. The topological polar surface area (TPSA) is 73.2 Å². The van der Waals surface area contributed by atoms with Crippen LogP contribution in [0.3, 0.4) is 0 Å². The Morgan fingerprint density at radius 1 is 1.29 bits per heavy atom. The normalized spacial score (nSPS) is 10.5. The fourth-order valence-electron chi connectivity index (χ4n) is 2.27. The SMILES string of the molecule is CCCCn1nc(C)c(C(=O)Nc2ccc(C(=O)OC)cc2)c1Cl. The molecule has 0 bridgehead atoms. The second-order valence-electron chi connectivity index (χ2n) is 5.35. The Morgan fingerprint density at radius 3 is 2.54 bits per heavy atom. The Kier molecular flexibility index (Phi) is 5.98. The van der Waals surface area contributed by atoms with Crippen LogP contribution in [0.25, 0.3) is 0 Å². The first-order chi connectivity index (χ1) is 11.5. The summed E-state index contributed by atoms with van der Waals surface area (Å²) >= 11 is 6.29. The minimum atomic E-state index is -0.427. The van der Waals surface area contributed by atoms with Crippen LogP contribution in [0.15, 0.2) is 24.3 Å². The molecule has 1 N–H and O–H groups in total. The van der Waals surface area contributed by atoms with E-state index < -0.39 is 5.97 Å². The lowest BCUT2D eigenvalue weighted by atomic mass is 10.2. The predicted molar refractivity (Wildman–Crippen MR) is 92.6 cm³/mol. The number of ether oxygens (including phenoxy) is 1. The number of aryl methyl sites for hydroxylation is 2. The average molecular weight is 350 g/mol. The zero-order valence-corrected chi connectivity index (χ0v) is 14.7. The third-order valence-corrected chi connectivity index (χ3v) is 3.96. The smallest absolute Gasteiger partial charge is 0.337 e. The van der Waals surface area contributed by atoms with Crippen LogP contribution in [0, 0.1) is 6.92 Å². The first kappa shape index (κ1) is 18.0. The van der Waals surface area contributed by atoms with Crippen molar-refractivity contribution in [2.24, 2.45) is 0 Å². The van der Waals surface area contributed by atoms with Gasteiger partial charge in [0.25, 0.3) is 5.91 Å². The maximum atomic E-state index is 12.5. The van der Waals surface area contributed by atoms with Gasteiger partial charge in [-0.3, -0.25) is 9.48 Å². The van der Waals surface area contributed by atoms with Gasteiger partial charge >= 0.3 is 5.97 Å². The van der Waals surface area contributed by atoms with Gasteiger partial charge in [-0.25, -0.2) is 4.79 Å². The Hall–Kier alpha value is -2.34. The van der Waals surface area contributed by atoms with E-state index in [0.29, 0.717) is 34.2 Å². The first-order valence-corrected chi connectivity index (χ1v) is 8.08. The number of anilines is 1. The highest BCUT2D eigenvalue weighted by atomic mass is 35.5. The number of unbranched alkanes of at least 4 members (excludes halogenated alkanes) is 1. The maximum Gasteiger partial charge on any atom is 0.337 e. The molecule has 0 spiro atoms. The number of carbonyl (C=O) groups is 2. The molecule has 1 amide bonds. The van der Waals surface area contributed by atoms with E-state index in [9.17, 15) is 9.59 Å². The van der Waals surface area contributed by atoms with Crippen molar-refractivity contribution in [1.82, 2.24) is 9.78 Å². The number of methoxy groups -OCH3 is 1. The number of nitrogens with one attached hydrogen (secondary N) is 1. The van der Waals surface area contributed by atoms with Gasteiger partial charge in [0, 0.05) is 12.2 Å². The van der Waals surface area contributed by atoms with Crippen LogP contribution >= 0.6 is 11.6 Å². The molecule has 0 fully saturated rings. The van der Waals surface area contributed by atoms with Gasteiger partial charge < -0.3 is 10.1 Å². The summed E-state index contributed by atoms with van der Waals surface area (Å²) in [6.45, 7) is 4.51. The summed E-state index contributed by atoms with van der Waals surface area (Å²) < 4.78 is 6.29. The molecule has 1 aromatic heterocycles. The van der Waals surface area contributed by atoms with Gasteiger partial charge in [0.15, 0.2) is 0 Å². The van der Waals surface area contributed by atoms with Gasteiger partial charge in [-0.05, 0) is 37.6 Å². The van der Waals surface area contributed by atoms with Crippen LogP contribution in [0.1, 0.15) is 46.2 Å². The van der Waals surface area contributed by atoms with Crippen molar-refractivity contribution in [1.29, 1.82) is 0 Å². The molecule has 1 aromatic carbocycles. The zero-order chi connectivity index (χ0) is 17.7. The van der Waals surface area contributed by atoms with E-state index in [1.165, 1.54) is 7.11 Å². The van der Waals surface area contributed by atoms with Crippen LogP contribution in [0.4, 0.5) is 5.69 Å². The van der Waals surface area contributed by atoms with Crippen molar-refractivity contribution in [3.05, 3.63) is 46.2 Å². The monoisotopic (exact) mass is 349 g/mol. The Bertz CT molecular complexity index is 738. The molecule has 0 aliphatic carbocycles. The summed E-state index contributed by atoms with van der Waals surface area (Å²) in [5.41, 5.74) is 1.92. The summed E-state index contributed by atoms with van der Waals surface area (Å²) in [6, 6.07) is 6.44. The molecular formula is C17H20ClN3O3. The van der Waals surface area contributed by atoms with E-state index in [0.717, 1.165) is 12.8 Å². The molecule has 6 nitrogen and oxygen atoms in total. The molecule has 2 aromatic rings. The van der Waals surface area contributed by atoms with Crippen LogP contribution in [0.5, 0.6) is 0 Å². The summed E-state index contributed by atoms with van der Waals surface area (Å²) in [7, 11) is 1.32. The lowest BCUT2D eigenvalue weighted by Gasteiger charge is -2.06. The number of hydrogen-bond donors (Lipinski definition) is 1. The molecule has 0 atom stereocenters. The summed E-state index contributed by atoms with van der Waals surface area (Å²) in [4.78, 5) is 23.9. The number of halogens is 1. The fraction of sp³-hybridized carbons (Fsp3) is 0.353. The van der Waals surface area contributed by atoms with E-state index >= 15 is 0 Å². The second-order valence-corrected chi connectivity index (χ2v) is 5.71. The average Bonchev–Trinajstić information content (AvgIpc) is 2.86. The van der Waals surface area contributed by atoms with Crippen LogP contribution in [-0.4, -0.2) is 28.8 Å². The highest BCUT2D eigenvalue weighted by Crippen LogP contribution is 2.22. The fourth-order valence-corrected chi connectivity index (χ4v) is 2.61. The summed E-state index contributed by atoms with van der Waals surface area (Å²) in [5, 5.41) is 7.42. The van der Waals surface area contributed by atoms with Gasteiger partial charge in [0.2, 0.25) is 0 Å². The van der Waals surface area contributed by atoms with Crippen molar-refractivity contribution in [3.63, 3.8) is 0 Å². The van der Waals surface area contributed by atoms with E-state index in [2.05, 4.69) is 22.1 Å². The third kappa shape index (κ3) is 3.94. The van der Waals surface area contributed by atoms with Crippen molar-refractivity contribution in [2.45, 2.75) is 33.2 Å². The molecule has 0 aliphatic heterocycles. The van der Waals surface area contributed by atoms with Crippen molar-refractivity contribution >= 4 is 29.2 Å². The van der Waals surface area contributed by atoms with E-state index in [1.807, 2.05) is 0 Å². The minimum Gasteiger partial charge on any atom is -0.465 e. The van der Waals surface area contributed by atoms with Gasteiger partial charge in [-0.15, -0.1) is 0 Å². The molecule has 0 saturated heterocycles. The van der Waals surface area contributed by atoms with Gasteiger partial charge in [-0.1, -0.05) is 24.9 Å². The molecule has 0 saturated carbocycles. The largest absolute Gasteiger partial charge is 0.465 e. The number of esters is 1. The van der Waals surface area contributed by atoms with Crippen LogP contribution < -0.4 is 5.32 Å². The molecule has 0 radical (unpaired) electrons. The number of benzene rings is 1. The Balaban J connectivity index is 2.15. The molecule has 128 valence electrons. The molecule has 2 rings (SSSR count). The molecule has 7 heteroatoms. The maximum absolute atomic E-state index is 12.5. The van der Waals surface area contributed by atoms with E-state index in [1.54, 1.807) is 35.9 Å². The predicted octanol–water partition coefficient (Wildman–Crippen LogP) is 3.68. The van der Waals surface area contributed by atoms with Crippen molar-refractivity contribution in [3.8, 4) is 0 Å². The number of aromatic nitrogens is 2. The first-order valence-electron chi connectivity index (χ1n) is 7.70. The standard InChI is InChI=1S/C17H20ClN3O3/c1-4-5-10-21-15(18)14(11(2)20-21)16(22)19-13-8-6-12(7-9-13)17(23)24-3/h6-9H,4-5,10H2,1-3H3,(H,19,22). The molecule has 24 heavy (non-hydrogen) atoms. The lowest BCUT2D eigenvalue weighted by Crippen LogP contribution is -2.13. The number of nitrogens with zero attached hydrogens (tertiary/aromatic N) is 2. The second kappa shape index (κ2) is 7.97. The number of rotatable bonds is 6. The van der Waals surface area contributed by atoms with E-state index in [-0.39, 0.29) is 5.91 Å². The Labute approximate surface area is 145 Å². The zero-order valence-electron chi connectivity index (χ0n) is 13.9. The summed E-state index contributed by atoms with van der Waals surface area (Å²) in [5.74, 6) is -0.755. The minimum absolute atomic E-state index is 0.328. The third-order valence-electron chi connectivity index (χ3n) is 3.58. The van der Waals surface area contributed by atoms with Crippen LogP contribution in [-0.2, 0) is 11.3 Å². The highest BCUT2D eigenvalue weighted by molar-refractivity contribution is 6.33. The highest BCUT2D eigenvalue weighted by Gasteiger charge is 2.20. The molecule has 1 heterocycles. The van der Waals surface area contributed by atoms with Gasteiger partial charge in [0.1, 0.15) is 5.15 Å². The molecular weight excluding hydrogens is 330 g/mol. The summed E-state index contributed by atoms with van der Waals surface area (Å²) in [6.07, 6.45) is 1.96. The van der Waals surface area contributed by atoms with Crippen molar-refractivity contribution in [2.75, 3.05) is 12.4 Å². The van der Waals surface area contributed by atoms with Gasteiger partial charge in [-0.2, -0.15) is 5.10 Å². The molecule has 0 aliphatic rings. The molecule has 0 unspecified atom stereocenters. The number of amides is 1. The quantitative estimate of drug-likeness (QED) is 0.807. The van der Waals surface area contributed by atoms with Gasteiger partial charge in [0.05, 0.1) is 23.9 Å². The van der Waals surface area contributed by atoms with E-state index in [4.69, 9.17) is 11.6 Å². The number of carbonyl (C=O) groups excluding carboxylic acids is 2.